The molecule has 0 fully saturated rings. The zero-order chi connectivity index (χ0) is 12.6. The minimum Gasteiger partial charge on any atom is -0.366 e. The normalized spacial score (nSPS) is 10.1. The van der Waals surface area contributed by atoms with E-state index in [2.05, 4.69) is 26.0 Å². The average Bonchev–Trinajstić information content (AvgIpc) is 2.29. The molecule has 0 aliphatic carbocycles. The molecule has 1 rings (SSSR count). The number of amides is 1. The zero-order valence-electron chi connectivity index (χ0n) is 10.5. The summed E-state index contributed by atoms with van der Waals surface area (Å²) in [6.07, 6.45) is 3.08. The van der Waals surface area contributed by atoms with Crippen LogP contribution in [-0.4, -0.2) is 5.91 Å². The molecule has 0 aromatic heterocycles. The molecule has 0 spiro atoms. The van der Waals surface area contributed by atoms with Crippen molar-refractivity contribution >= 4 is 12.0 Å². The molecular formula is C14H21NO. The van der Waals surface area contributed by atoms with Crippen molar-refractivity contribution in [1.82, 2.24) is 0 Å². The molecule has 0 saturated carbocycles. The Morgan fingerprint density at radius 2 is 1.69 bits per heavy atom. The Kier molecular flexibility index (Phi) is 6.93. The van der Waals surface area contributed by atoms with Crippen LogP contribution in [0.1, 0.15) is 44.7 Å². The Bertz CT molecular complexity index is 336. The van der Waals surface area contributed by atoms with Crippen molar-refractivity contribution in [3.05, 3.63) is 41.5 Å². The third kappa shape index (κ3) is 5.35. The van der Waals surface area contributed by atoms with Crippen LogP contribution < -0.4 is 5.73 Å². The molecule has 2 nitrogen and oxygen atoms in total. The summed E-state index contributed by atoms with van der Waals surface area (Å²) in [7, 11) is 0. The molecule has 0 aliphatic heterocycles. The highest BCUT2D eigenvalue weighted by atomic mass is 16.1. The number of hydrogen-bond donors (Lipinski definition) is 1. The Hall–Kier alpha value is -1.57. The van der Waals surface area contributed by atoms with Crippen LogP contribution in [0.25, 0.3) is 6.08 Å². The van der Waals surface area contributed by atoms with Crippen LogP contribution in [0, 0.1) is 0 Å². The van der Waals surface area contributed by atoms with Crippen molar-refractivity contribution in [2.45, 2.75) is 33.6 Å². The van der Waals surface area contributed by atoms with Gasteiger partial charge in [-0.15, -0.1) is 0 Å². The lowest BCUT2D eigenvalue weighted by Gasteiger charge is -2.04. The summed E-state index contributed by atoms with van der Waals surface area (Å²) in [6, 6.07) is 8.08. The van der Waals surface area contributed by atoms with Crippen molar-refractivity contribution < 1.29 is 4.79 Å². The second-order valence-corrected chi connectivity index (χ2v) is 3.56. The van der Waals surface area contributed by atoms with E-state index in [0.29, 0.717) is 5.92 Å². The van der Waals surface area contributed by atoms with Crippen molar-refractivity contribution in [1.29, 1.82) is 0 Å². The van der Waals surface area contributed by atoms with Crippen LogP contribution in [0.3, 0.4) is 0 Å². The highest BCUT2D eigenvalue weighted by Gasteiger charge is 1.96. The van der Waals surface area contributed by atoms with Crippen molar-refractivity contribution in [3.63, 3.8) is 0 Å². The second kappa shape index (κ2) is 7.69. The summed E-state index contributed by atoms with van der Waals surface area (Å²) in [5.41, 5.74) is 7.28. The highest BCUT2D eigenvalue weighted by Crippen LogP contribution is 2.15. The van der Waals surface area contributed by atoms with Crippen LogP contribution >= 0.6 is 0 Å². The fraction of sp³-hybridized carbons (Fsp3) is 0.357. The summed E-state index contributed by atoms with van der Waals surface area (Å²) >= 11 is 0. The molecule has 0 aliphatic rings. The Morgan fingerprint density at radius 3 is 2.06 bits per heavy atom. The molecule has 0 radical (unpaired) electrons. The number of benzene rings is 1. The van der Waals surface area contributed by atoms with Gasteiger partial charge in [0.25, 0.3) is 0 Å². The summed E-state index contributed by atoms with van der Waals surface area (Å²) in [4.78, 5) is 10.5. The molecule has 1 aromatic carbocycles. The molecule has 0 bridgehead atoms. The first-order valence-electron chi connectivity index (χ1n) is 5.67. The molecule has 1 aromatic rings. The van der Waals surface area contributed by atoms with Gasteiger partial charge in [-0.05, 0) is 23.1 Å². The van der Waals surface area contributed by atoms with Crippen molar-refractivity contribution in [2.24, 2.45) is 5.73 Å². The number of carbonyl (C=O) groups is 1. The third-order valence-electron chi connectivity index (χ3n) is 2.04. The maximum Gasteiger partial charge on any atom is 0.241 e. The van der Waals surface area contributed by atoms with E-state index in [9.17, 15) is 4.79 Å². The van der Waals surface area contributed by atoms with Gasteiger partial charge in [0, 0.05) is 6.08 Å². The van der Waals surface area contributed by atoms with Gasteiger partial charge >= 0.3 is 0 Å². The molecule has 2 N–H and O–H groups in total. The highest BCUT2D eigenvalue weighted by molar-refractivity contribution is 5.90. The smallest absolute Gasteiger partial charge is 0.241 e. The average molecular weight is 219 g/mol. The lowest BCUT2D eigenvalue weighted by Crippen LogP contribution is -2.05. The third-order valence-corrected chi connectivity index (χ3v) is 2.04. The fourth-order valence-electron chi connectivity index (χ4n) is 1.17. The van der Waals surface area contributed by atoms with Crippen LogP contribution in [0.5, 0.6) is 0 Å². The van der Waals surface area contributed by atoms with E-state index in [4.69, 9.17) is 5.73 Å². The molecule has 0 unspecified atom stereocenters. The molecule has 16 heavy (non-hydrogen) atoms. The lowest BCUT2D eigenvalue weighted by atomic mass is 10.0. The van der Waals surface area contributed by atoms with Crippen LogP contribution in [-0.2, 0) is 4.79 Å². The van der Waals surface area contributed by atoms with Gasteiger partial charge in [-0.3, -0.25) is 4.79 Å². The first-order valence-corrected chi connectivity index (χ1v) is 5.67. The molecule has 1 amide bonds. The van der Waals surface area contributed by atoms with E-state index in [1.807, 2.05) is 26.0 Å². The van der Waals surface area contributed by atoms with Crippen LogP contribution in [0.2, 0.25) is 0 Å². The minimum atomic E-state index is -0.419. The summed E-state index contributed by atoms with van der Waals surface area (Å²) in [6.45, 7) is 8.29. The Balaban J connectivity index is 0.00000106. The fourth-order valence-corrected chi connectivity index (χ4v) is 1.17. The topological polar surface area (TPSA) is 43.1 Å². The van der Waals surface area contributed by atoms with E-state index in [1.54, 1.807) is 6.08 Å². The van der Waals surface area contributed by atoms with Gasteiger partial charge < -0.3 is 5.73 Å². The zero-order valence-corrected chi connectivity index (χ0v) is 10.5. The largest absolute Gasteiger partial charge is 0.366 e. The number of hydrogen-bond acceptors (Lipinski definition) is 1. The Labute approximate surface area is 98.2 Å². The molecule has 0 atom stereocenters. The van der Waals surface area contributed by atoms with Crippen molar-refractivity contribution in [2.75, 3.05) is 0 Å². The molecule has 2 heteroatoms. The van der Waals surface area contributed by atoms with Gasteiger partial charge in [0.15, 0.2) is 0 Å². The van der Waals surface area contributed by atoms with Crippen LogP contribution in [0.15, 0.2) is 30.3 Å². The predicted octanol–water partition coefficient (Wildman–Crippen LogP) is 3.33. The molecule has 0 heterocycles. The molecule has 88 valence electrons. The number of primary amides is 1. The number of carbonyl (C=O) groups excluding carboxylic acids is 1. The second-order valence-electron chi connectivity index (χ2n) is 3.56. The maximum absolute atomic E-state index is 10.5. The summed E-state index contributed by atoms with van der Waals surface area (Å²) < 4.78 is 0. The van der Waals surface area contributed by atoms with Gasteiger partial charge in [0.2, 0.25) is 5.91 Å². The lowest BCUT2D eigenvalue weighted by molar-refractivity contribution is -0.113. The molecule has 0 saturated heterocycles. The molecular weight excluding hydrogens is 198 g/mol. The Morgan fingerprint density at radius 1 is 1.19 bits per heavy atom. The van der Waals surface area contributed by atoms with Gasteiger partial charge in [0.1, 0.15) is 0 Å². The first kappa shape index (κ1) is 14.4. The number of rotatable bonds is 3. The van der Waals surface area contributed by atoms with E-state index in [-0.39, 0.29) is 0 Å². The number of nitrogens with two attached hydrogens (primary N) is 1. The minimum absolute atomic E-state index is 0.419. The maximum atomic E-state index is 10.5. The summed E-state index contributed by atoms with van der Waals surface area (Å²) in [5, 5.41) is 0. The van der Waals surface area contributed by atoms with E-state index >= 15 is 0 Å². The standard InChI is InChI=1S/C12H15NO.C2H6/c1-9(2)11-6-3-10(4-7-11)5-8-12(13)14;1-2/h3-9H,1-2H3,(H2,13,14);1-2H3/b8-5+;. The SMILES string of the molecule is CC.CC(C)c1ccc(/C=C/C(N)=O)cc1. The monoisotopic (exact) mass is 219 g/mol. The van der Waals surface area contributed by atoms with Gasteiger partial charge in [-0.2, -0.15) is 0 Å². The summed E-state index contributed by atoms with van der Waals surface area (Å²) in [5.74, 6) is 0.113. The first-order chi connectivity index (χ1) is 7.59. The quantitative estimate of drug-likeness (QED) is 0.778. The van der Waals surface area contributed by atoms with Crippen molar-refractivity contribution in [3.8, 4) is 0 Å². The van der Waals surface area contributed by atoms with E-state index < -0.39 is 5.91 Å². The van der Waals surface area contributed by atoms with Gasteiger partial charge in [-0.1, -0.05) is 52.0 Å². The van der Waals surface area contributed by atoms with Crippen LogP contribution in [0.4, 0.5) is 0 Å². The predicted molar refractivity (Wildman–Crippen MR) is 70.1 cm³/mol. The van der Waals surface area contributed by atoms with E-state index in [0.717, 1.165) is 5.56 Å². The van der Waals surface area contributed by atoms with Gasteiger partial charge in [0.05, 0.1) is 0 Å². The van der Waals surface area contributed by atoms with Gasteiger partial charge in [-0.25, -0.2) is 0 Å². The van der Waals surface area contributed by atoms with E-state index in [1.165, 1.54) is 11.6 Å².